The summed E-state index contributed by atoms with van der Waals surface area (Å²) >= 11 is 0. The van der Waals surface area contributed by atoms with Crippen LogP contribution in [0, 0.1) is 5.92 Å². The van der Waals surface area contributed by atoms with Gasteiger partial charge in [-0.05, 0) is 30.9 Å². The molecule has 23 heavy (non-hydrogen) atoms. The van der Waals surface area contributed by atoms with Crippen LogP contribution < -0.4 is 0 Å². The molecule has 2 aliphatic rings. The lowest BCUT2D eigenvalue weighted by molar-refractivity contribution is -0.169. The molecule has 1 spiro atoms. The summed E-state index contributed by atoms with van der Waals surface area (Å²) in [5.74, 6) is 0.497. The number of carbonyl (C=O) groups is 1. The molecule has 1 amide bonds. The lowest BCUT2D eigenvalue weighted by atomic mass is 9.79. The number of carbonyl (C=O) groups excluding carboxylic acids is 1. The second-order valence-electron chi connectivity index (χ2n) is 6.24. The van der Waals surface area contributed by atoms with E-state index in [0.717, 1.165) is 25.1 Å². The van der Waals surface area contributed by atoms with Crippen LogP contribution in [0.4, 0.5) is 0 Å². The molecular weight excluding hydrogens is 296 g/mol. The van der Waals surface area contributed by atoms with Gasteiger partial charge in [0.05, 0.1) is 25.4 Å². The lowest BCUT2D eigenvalue weighted by Crippen LogP contribution is -2.66. The molecule has 126 valence electrons. The average molecular weight is 320 g/mol. The van der Waals surface area contributed by atoms with E-state index in [2.05, 4.69) is 4.98 Å². The summed E-state index contributed by atoms with van der Waals surface area (Å²) in [6, 6.07) is 5.83. The Kier molecular flexibility index (Phi) is 5.25. The molecule has 0 saturated carbocycles. The van der Waals surface area contributed by atoms with E-state index in [1.54, 1.807) is 13.3 Å². The zero-order valence-electron chi connectivity index (χ0n) is 13.6. The van der Waals surface area contributed by atoms with Gasteiger partial charge in [0.2, 0.25) is 5.91 Å². The Labute approximate surface area is 136 Å². The second kappa shape index (κ2) is 7.38. The maximum Gasteiger partial charge on any atom is 0.248 e. The van der Waals surface area contributed by atoms with Crippen LogP contribution >= 0.6 is 0 Å². The highest BCUT2D eigenvalue weighted by Gasteiger charge is 2.53. The number of nitrogens with zero attached hydrogens (tertiary/aromatic N) is 2. The SMILES string of the molecule is COCC(=O)N1CC2(C1)OCC[C@@H]2CCOCc1ccccn1. The summed E-state index contributed by atoms with van der Waals surface area (Å²) in [5.41, 5.74) is 0.794. The zero-order chi connectivity index (χ0) is 16.1. The molecule has 0 radical (unpaired) electrons. The number of rotatable bonds is 7. The first-order valence-electron chi connectivity index (χ1n) is 8.12. The summed E-state index contributed by atoms with van der Waals surface area (Å²) in [4.78, 5) is 17.9. The van der Waals surface area contributed by atoms with Gasteiger partial charge in [0.15, 0.2) is 0 Å². The van der Waals surface area contributed by atoms with Crippen LogP contribution in [-0.4, -0.2) is 61.4 Å². The maximum atomic E-state index is 11.8. The van der Waals surface area contributed by atoms with Crippen molar-refractivity contribution < 1.29 is 19.0 Å². The van der Waals surface area contributed by atoms with E-state index in [1.165, 1.54) is 0 Å². The highest BCUT2D eigenvalue weighted by molar-refractivity contribution is 5.78. The third-order valence-electron chi connectivity index (χ3n) is 4.72. The average Bonchev–Trinajstić information content (AvgIpc) is 2.95. The molecule has 2 fully saturated rings. The molecule has 3 rings (SSSR count). The minimum Gasteiger partial charge on any atom is -0.375 e. The van der Waals surface area contributed by atoms with Gasteiger partial charge in [-0.25, -0.2) is 0 Å². The van der Waals surface area contributed by atoms with Crippen molar-refractivity contribution in [3.8, 4) is 0 Å². The normalized spacial score (nSPS) is 22.3. The van der Waals surface area contributed by atoms with Gasteiger partial charge < -0.3 is 19.1 Å². The van der Waals surface area contributed by atoms with E-state index in [0.29, 0.717) is 32.2 Å². The van der Waals surface area contributed by atoms with E-state index in [9.17, 15) is 4.79 Å². The highest BCUT2D eigenvalue weighted by atomic mass is 16.5. The van der Waals surface area contributed by atoms with Gasteiger partial charge >= 0.3 is 0 Å². The van der Waals surface area contributed by atoms with Crippen molar-refractivity contribution in [2.75, 3.05) is 40.0 Å². The monoisotopic (exact) mass is 320 g/mol. The number of hydrogen-bond acceptors (Lipinski definition) is 5. The van der Waals surface area contributed by atoms with Gasteiger partial charge in [0.1, 0.15) is 12.2 Å². The summed E-state index contributed by atoms with van der Waals surface area (Å²) < 4.78 is 16.6. The molecule has 6 nitrogen and oxygen atoms in total. The molecule has 1 aromatic heterocycles. The van der Waals surface area contributed by atoms with Crippen molar-refractivity contribution in [3.63, 3.8) is 0 Å². The zero-order valence-corrected chi connectivity index (χ0v) is 13.6. The molecule has 1 atom stereocenters. The fourth-order valence-corrected chi connectivity index (χ4v) is 3.42. The Balaban J connectivity index is 1.41. The van der Waals surface area contributed by atoms with Gasteiger partial charge in [-0.1, -0.05) is 6.07 Å². The number of pyridine rings is 1. The topological polar surface area (TPSA) is 60.9 Å². The fourth-order valence-electron chi connectivity index (χ4n) is 3.42. The summed E-state index contributed by atoms with van der Waals surface area (Å²) in [5, 5.41) is 0. The van der Waals surface area contributed by atoms with Crippen LogP contribution in [0.2, 0.25) is 0 Å². The number of ether oxygens (including phenoxy) is 3. The molecule has 1 aromatic rings. The molecule has 2 aliphatic heterocycles. The Morgan fingerprint density at radius 3 is 3.09 bits per heavy atom. The number of amides is 1. The maximum absolute atomic E-state index is 11.8. The standard InChI is InChI=1S/C17H24N2O4/c1-21-11-16(20)19-12-17(13-19)14(6-9-23-17)5-8-22-10-15-4-2-3-7-18-15/h2-4,7,14H,5-6,8-13H2,1H3/t14-/m0/s1. The number of likely N-dealkylation sites (tertiary alicyclic amines) is 1. The van der Waals surface area contributed by atoms with E-state index in [4.69, 9.17) is 14.2 Å². The largest absolute Gasteiger partial charge is 0.375 e. The van der Waals surface area contributed by atoms with Crippen molar-refractivity contribution >= 4 is 5.91 Å². The number of methoxy groups -OCH3 is 1. The first-order chi connectivity index (χ1) is 11.2. The van der Waals surface area contributed by atoms with E-state index >= 15 is 0 Å². The highest BCUT2D eigenvalue weighted by Crippen LogP contribution is 2.41. The Morgan fingerprint density at radius 1 is 1.48 bits per heavy atom. The lowest BCUT2D eigenvalue weighted by Gasteiger charge is -2.50. The number of aromatic nitrogens is 1. The van der Waals surface area contributed by atoms with Crippen molar-refractivity contribution in [1.82, 2.24) is 9.88 Å². The van der Waals surface area contributed by atoms with Crippen LogP contribution in [-0.2, 0) is 25.6 Å². The predicted molar refractivity (Wildman–Crippen MR) is 83.8 cm³/mol. The van der Waals surface area contributed by atoms with Crippen molar-refractivity contribution in [1.29, 1.82) is 0 Å². The second-order valence-corrected chi connectivity index (χ2v) is 6.24. The van der Waals surface area contributed by atoms with Crippen LogP contribution in [0.1, 0.15) is 18.5 Å². The summed E-state index contributed by atoms with van der Waals surface area (Å²) in [7, 11) is 1.54. The van der Waals surface area contributed by atoms with Crippen LogP contribution in [0.3, 0.4) is 0 Å². The molecule has 0 aromatic carbocycles. The minimum absolute atomic E-state index is 0.0405. The summed E-state index contributed by atoms with van der Waals surface area (Å²) in [6.45, 7) is 3.52. The molecule has 0 unspecified atom stereocenters. The van der Waals surface area contributed by atoms with Gasteiger partial charge in [0.25, 0.3) is 0 Å². The van der Waals surface area contributed by atoms with Crippen molar-refractivity contribution in [3.05, 3.63) is 30.1 Å². The van der Waals surface area contributed by atoms with Crippen LogP contribution in [0.25, 0.3) is 0 Å². The van der Waals surface area contributed by atoms with Crippen LogP contribution in [0.15, 0.2) is 24.4 Å². The Morgan fingerprint density at radius 2 is 2.35 bits per heavy atom. The smallest absolute Gasteiger partial charge is 0.248 e. The molecule has 2 saturated heterocycles. The van der Waals surface area contributed by atoms with Gasteiger partial charge in [-0.15, -0.1) is 0 Å². The van der Waals surface area contributed by atoms with Gasteiger partial charge in [0, 0.05) is 26.5 Å². The van der Waals surface area contributed by atoms with E-state index in [1.807, 2.05) is 23.1 Å². The Bertz CT molecular complexity index is 517. The van der Waals surface area contributed by atoms with Gasteiger partial charge in [-0.3, -0.25) is 9.78 Å². The molecule has 0 aliphatic carbocycles. The van der Waals surface area contributed by atoms with E-state index in [-0.39, 0.29) is 18.1 Å². The quantitative estimate of drug-likeness (QED) is 0.708. The molecule has 0 N–H and O–H groups in total. The number of hydrogen-bond donors (Lipinski definition) is 0. The van der Waals surface area contributed by atoms with Crippen molar-refractivity contribution in [2.45, 2.75) is 25.0 Å². The third kappa shape index (κ3) is 3.71. The fraction of sp³-hybridized carbons (Fsp3) is 0.647. The van der Waals surface area contributed by atoms with Gasteiger partial charge in [-0.2, -0.15) is 0 Å². The molecular formula is C17H24N2O4. The predicted octanol–water partition coefficient (Wildman–Crippen LogP) is 1.25. The van der Waals surface area contributed by atoms with Crippen LogP contribution in [0.5, 0.6) is 0 Å². The Hall–Kier alpha value is -1.50. The molecule has 0 bridgehead atoms. The summed E-state index contributed by atoms with van der Waals surface area (Å²) in [6.07, 6.45) is 3.77. The molecule has 6 heteroatoms. The van der Waals surface area contributed by atoms with E-state index < -0.39 is 0 Å². The first kappa shape index (κ1) is 16.4. The van der Waals surface area contributed by atoms with Crippen molar-refractivity contribution in [2.24, 2.45) is 5.92 Å². The minimum atomic E-state index is -0.155. The third-order valence-corrected chi connectivity index (χ3v) is 4.72. The molecule has 3 heterocycles. The first-order valence-corrected chi connectivity index (χ1v) is 8.12.